The zero-order valence-corrected chi connectivity index (χ0v) is 7.14. The first kappa shape index (κ1) is 13.8. The molecule has 0 aliphatic carbocycles. The van der Waals surface area contributed by atoms with E-state index in [-0.39, 0.29) is 29.6 Å². The van der Waals surface area contributed by atoms with Gasteiger partial charge in [0.25, 0.3) is 0 Å². The Morgan fingerprint density at radius 2 is 2.00 bits per heavy atom. The summed E-state index contributed by atoms with van der Waals surface area (Å²) in [7, 11) is -1.65. The molecule has 58 valence electrons. The number of rotatable bonds is 5. The van der Waals surface area contributed by atoms with Crippen LogP contribution in [0.1, 0.15) is 26.7 Å². The Morgan fingerprint density at radius 3 is 2.40 bits per heavy atom. The molecular formula is C6H16NaO2P. The molecule has 0 N–H and O–H groups in total. The Morgan fingerprint density at radius 1 is 1.40 bits per heavy atom. The molecule has 0 heterocycles. The number of hydrogen-bond acceptors (Lipinski definition) is 2. The van der Waals surface area contributed by atoms with Crippen LogP contribution in [0.25, 0.3) is 0 Å². The van der Waals surface area contributed by atoms with E-state index < -0.39 is 8.03 Å². The second-order valence-electron chi connectivity index (χ2n) is 1.91. The fourth-order valence-corrected chi connectivity index (χ4v) is 1.66. The van der Waals surface area contributed by atoms with Crippen molar-refractivity contribution in [2.45, 2.75) is 26.7 Å². The molecule has 4 heteroatoms. The van der Waals surface area contributed by atoms with Crippen molar-refractivity contribution in [3.8, 4) is 0 Å². The second-order valence-corrected chi connectivity index (χ2v) is 3.44. The van der Waals surface area contributed by atoms with Crippen LogP contribution in [-0.4, -0.2) is 42.3 Å². The Balaban J connectivity index is 0. The molecule has 2 nitrogen and oxygen atoms in total. The van der Waals surface area contributed by atoms with Crippen LogP contribution in [0.5, 0.6) is 0 Å². The summed E-state index contributed by atoms with van der Waals surface area (Å²) in [5, 5.41) is 0. The summed E-state index contributed by atoms with van der Waals surface area (Å²) in [6.45, 7) is 4.54. The summed E-state index contributed by atoms with van der Waals surface area (Å²) in [5.41, 5.74) is 0. The first-order chi connectivity index (χ1) is 4.31. The van der Waals surface area contributed by atoms with Crippen LogP contribution < -0.4 is 0 Å². The molecule has 1 atom stereocenters. The molecule has 0 fully saturated rings. The van der Waals surface area contributed by atoms with Gasteiger partial charge in [0.1, 0.15) is 0 Å². The molecule has 0 aromatic heterocycles. The van der Waals surface area contributed by atoms with Crippen molar-refractivity contribution in [1.82, 2.24) is 0 Å². The van der Waals surface area contributed by atoms with Gasteiger partial charge in [-0.1, -0.05) is 13.3 Å². The van der Waals surface area contributed by atoms with Crippen LogP contribution in [0, 0.1) is 0 Å². The van der Waals surface area contributed by atoms with Crippen molar-refractivity contribution >= 4 is 37.6 Å². The van der Waals surface area contributed by atoms with Gasteiger partial charge in [-0.05, 0) is 13.3 Å². The number of unbranched alkanes of at least 4 members (excludes halogenated alkanes) is 1. The third kappa shape index (κ3) is 9.19. The standard InChI is InChI=1S/C6H15O2P.Na.H/c1-3-5-6-9(7)8-4-2;;/h9H,3-6H2,1-2H3;;. The van der Waals surface area contributed by atoms with E-state index in [1.54, 1.807) is 0 Å². The molecule has 0 aliphatic heterocycles. The molecule has 1 unspecified atom stereocenters. The molecule has 0 radical (unpaired) electrons. The fraction of sp³-hybridized carbons (Fsp3) is 1.00. The van der Waals surface area contributed by atoms with Crippen LogP contribution >= 0.6 is 8.03 Å². The molecule has 0 rings (SSSR count). The van der Waals surface area contributed by atoms with Gasteiger partial charge in [0, 0.05) is 6.16 Å². The van der Waals surface area contributed by atoms with Gasteiger partial charge < -0.3 is 4.52 Å². The Kier molecular flexibility index (Phi) is 14.0. The van der Waals surface area contributed by atoms with Crippen molar-refractivity contribution in [2.24, 2.45) is 0 Å². The first-order valence-electron chi connectivity index (χ1n) is 3.46. The normalized spacial score (nSPS) is 12.2. The predicted octanol–water partition coefficient (Wildman–Crippen LogP) is 1.65. The molecule has 0 spiro atoms. The molecule has 0 saturated carbocycles. The van der Waals surface area contributed by atoms with Gasteiger partial charge in [-0.15, -0.1) is 0 Å². The van der Waals surface area contributed by atoms with Gasteiger partial charge in [0.2, 0.25) is 0 Å². The van der Waals surface area contributed by atoms with E-state index in [4.69, 9.17) is 4.52 Å². The van der Waals surface area contributed by atoms with E-state index in [0.717, 1.165) is 19.0 Å². The minimum atomic E-state index is -1.65. The summed E-state index contributed by atoms with van der Waals surface area (Å²) in [6.07, 6.45) is 2.89. The van der Waals surface area contributed by atoms with Crippen molar-refractivity contribution in [3.05, 3.63) is 0 Å². The van der Waals surface area contributed by atoms with Crippen LogP contribution in [0.3, 0.4) is 0 Å². The Labute approximate surface area is 85.9 Å². The van der Waals surface area contributed by atoms with E-state index >= 15 is 0 Å². The summed E-state index contributed by atoms with van der Waals surface area (Å²) in [5.74, 6) is 0. The van der Waals surface area contributed by atoms with Gasteiger partial charge in [0.05, 0.1) is 6.61 Å². The molecule has 0 saturated heterocycles. The third-order valence-electron chi connectivity index (χ3n) is 1.04. The topological polar surface area (TPSA) is 26.3 Å². The van der Waals surface area contributed by atoms with E-state index in [9.17, 15) is 4.57 Å². The average molecular weight is 174 g/mol. The van der Waals surface area contributed by atoms with E-state index in [1.165, 1.54) is 0 Å². The third-order valence-corrected chi connectivity index (χ3v) is 2.41. The van der Waals surface area contributed by atoms with Crippen LogP contribution in [0.2, 0.25) is 0 Å². The SMILES string of the molecule is CCCC[PH](=O)OCC.[NaH]. The molecule has 0 amide bonds. The molecule has 0 bridgehead atoms. The summed E-state index contributed by atoms with van der Waals surface area (Å²) >= 11 is 0. The number of hydrogen-bond donors (Lipinski definition) is 0. The van der Waals surface area contributed by atoms with Crippen molar-refractivity contribution in [2.75, 3.05) is 12.8 Å². The summed E-state index contributed by atoms with van der Waals surface area (Å²) < 4.78 is 15.7. The Hall–Kier alpha value is 1.19. The fourth-order valence-electron chi connectivity index (χ4n) is 0.554. The monoisotopic (exact) mass is 174 g/mol. The summed E-state index contributed by atoms with van der Waals surface area (Å²) in [6, 6.07) is 0. The second kappa shape index (κ2) is 10.2. The van der Waals surface area contributed by atoms with Gasteiger partial charge in [-0.25, -0.2) is 0 Å². The molecular weight excluding hydrogens is 158 g/mol. The molecule has 0 aliphatic rings. The minimum absolute atomic E-state index is 0. The van der Waals surface area contributed by atoms with Crippen molar-refractivity contribution < 1.29 is 9.09 Å². The van der Waals surface area contributed by atoms with Crippen molar-refractivity contribution in [1.29, 1.82) is 0 Å². The average Bonchev–Trinajstić information content (AvgIpc) is 1.85. The van der Waals surface area contributed by atoms with Gasteiger partial charge in [-0.3, -0.25) is 4.57 Å². The van der Waals surface area contributed by atoms with E-state index in [1.807, 2.05) is 6.92 Å². The maximum atomic E-state index is 10.8. The zero-order chi connectivity index (χ0) is 7.11. The molecule has 0 aromatic carbocycles. The quantitative estimate of drug-likeness (QED) is 0.468. The molecule has 0 aromatic rings. The Bertz CT molecular complexity index is 87.8. The van der Waals surface area contributed by atoms with Crippen LogP contribution in [-0.2, 0) is 9.09 Å². The predicted molar refractivity (Wildman–Crippen MR) is 47.6 cm³/mol. The maximum absolute atomic E-state index is 10.8. The van der Waals surface area contributed by atoms with Gasteiger partial charge >= 0.3 is 29.6 Å². The van der Waals surface area contributed by atoms with Crippen LogP contribution in [0.4, 0.5) is 0 Å². The van der Waals surface area contributed by atoms with Crippen molar-refractivity contribution in [3.63, 3.8) is 0 Å². The molecule has 10 heavy (non-hydrogen) atoms. The zero-order valence-electron chi connectivity index (χ0n) is 6.14. The van der Waals surface area contributed by atoms with Crippen LogP contribution in [0.15, 0.2) is 0 Å². The summed E-state index contributed by atoms with van der Waals surface area (Å²) in [4.78, 5) is 0. The van der Waals surface area contributed by atoms with E-state index in [0.29, 0.717) is 6.61 Å². The van der Waals surface area contributed by atoms with E-state index in [2.05, 4.69) is 6.92 Å². The van der Waals surface area contributed by atoms with Gasteiger partial charge in [-0.2, -0.15) is 0 Å². The van der Waals surface area contributed by atoms with Gasteiger partial charge in [0.15, 0.2) is 8.03 Å². The first-order valence-corrected chi connectivity index (χ1v) is 4.99.